The number of carbonyl (C=O) groups excluding carboxylic acids is 1. The molecule has 2 aromatic rings. The van der Waals surface area contributed by atoms with Gasteiger partial charge in [-0.1, -0.05) is 6.07 Å². The summed E-state index contributed by atoms with van der Waals surface area (Å²) in [7, 11) is -0.902. The Kier molecular flexibility index (Phi) is 5.67. The van der Waals surface area contributed by atoms with Crippen molar-refractivity contribution in [2.75, 3.05) is 32.9 Å². The first kappa shape index (κ1) is 19.3. The van der Waals surface area contributed by atoms with Crippen LogP contribution in [0.25, 0.3) is 4.85 Å². The summed E-state index contributed by atoms with van der Waals surface area (Å²) < 4.78 is 21.9. The molecule has 9 heteroatoms. The highest BCUT2D eigenvalue weighted by atomic mass is 16.5. The number of benzene rings is 2. The fraction of sp³-hybridized carbons (Fsp3) is 0.300. The lowest BCUT2D eigenvalue weighted by molar-refractivity contribution is -0.137. The average Bonchev–Trinajstić information content (AvgIpc) is 3.13. The zero-order valence-corrected chi connectivity index (χ0v) is 15.7. The lowest BCUT2D eigenvalue weighted by atomic mass is 9.80. The van der Waals surface area contributed by atoms with Crippen molar-refractivity contribution in [3.63, 3.8) is 0 Å². The van der Waals surface area contributed by atoms with E-state index in [2.05, 4.69) is 4.85 Å². The molecule has 0 unspecified atom stereocenters. The number of carbonyl (C=O) groups is 1. The van der Waals surface area contributed by atoms with E-state index in [-0.39, 0.29) is 12.5 Å². The summed E-state index contributed by atoms with van der Waals surface area (Å²) in [5.41, 5.74) is 1.89. The van der Waals surface area contributed by atoms with Crippen LogP contribution in [0, 0.1) is 6.57 Å². The fourth-order valence-corrected chi connectivity index (χ4v) is 3.22. The third kappa shape index (κ3) is 4.35. The lowest BCUT2D eigenvalue weighted by Gasteiger charge is -2.26. The Hall–Kier alpha value is -3.06. The lowest BCUT2D eigenvalue weighted by Crippen LogP contribution is -2.42. The van der Waals surface area contributed by atoms with E-state index >= 15 is 0 Å². The van der Waals surface area contributed by atoms with Crippen LogP contribution in [-0.4, -0.2) is 55.9 Å². The summed E-state index contributed by atoms with van der Waals surface area (Å²) in [5, 5.41) is 9.71. The molecular weight excluding hydrogens is 375 g/mol. The molecule has 2 aliphatic rings. The number of amides is 1. The second-order valence-corrected chi connectivity index (χ2v) is 6.65. The molecule has 2 heterocycles. The third-order valence-corrected chi connectivity index (χ3v) is 4.78. The van der Waals surface area contributed by atoms with Crippen molar-refractivity contribution in [1.29, 1.82) is 0 Å². The van der Waals surface area contributed by atoms with Crippen LogP contribution in [0.1, 0.15) is 5.56 Å². The molecule has 1 N–H and O–H groups in total. The molecule has 2 aromatic carbocycles. The Morgan fingerprint density at radius 3 is 2.76 bits per heavy atom. The van der Waals surface area contributed by atoms with Crippen LogP contribution in [-0.2, 0) is 20.8 Å². The first-order valence-corrected chi connectivity index (χ1v) is 9.24. The Morgan fingerprint density at radius 1 is 1.21 bits per heavy atom. The summed E-state index contributed by atoms with van der Waals surface area (Å²) >= 11 is 0. The van der Waals surface area contributed by atoms with E-state index < -0.39 is 7.12 Å². The Labute approximate surface area is 168 Å². The van der Waals surface area contributed by atoms with Gasteiger partial charge >= 0.3 is 7.12 Å². The molecule has 0 radical (unpaired) electrons. The van der Waals surface area contributed by atoms with Crippen LogP contribution in [0.2, 0.25) is 0 Å². The minimum absolute atomic E-state index is 0.146. The van der Waals surface area contributed by atoms with Crippen LogP contribution in [0.3, 0.4) is 0 Å². The van der Waals surface area contributed by atoms with Crippen molar-refractivity contribution in [2.24, 2.45) is 0 Å². The molecule has 8 nitrogen and oxygen atoms in total. The van der Waals surface area contributed by atoms with Crippen molar-refractivity contribution in [1.82, 2.24) is 4.90 Å². The Morgan fingerprint density at radius 2 is 1.97 bits per heavy atom. The van der Waals surface area contributed by atoms with E-state index in [4.69, 9.17) is 25.4 Å². The van der Waals surface area contributed by atoms with Gasteiger partial charge in [0, 0.05) is 19.2 Å². The zero-order chi connectivity index (χ0) is 20.2. The van der Waals surface area contributed by atoms with Crippen LogP contribution >= 0.6 is 0 Å². The molecule has 0 aliphatic carbocycles. The van der Waals surface area contributed by atoms with E-state index in [1.54, 1.807) is 41.3 Å². The molecule has 0 bridgehead atoms. The molecule has 0 atom stereocenters. The SMILES string of the molecule is [C-]#[N+]c1ccc(Oc2ccc3c(c2)COB3O)cc1OCC(=O)N1CCOCC1. The molecule has 4 rings (SSSR count). The van der Waals surface area contributed by atoms with Gasteiger partial charge in [0.25, 0.3) is 5.91 Å². The van der Waals surface area contributed by atoms with Gasteiger partial charge in [0.15, 0.2) is 6.61 Å². The Bertz CT molecular complexity index is 954. The molecule has 29 heavy (non-hydrogen) atoms. The smallest absolute Gasteiger partial charge is 0.491 e. The minimum Gasteiger partial charge on any atom is -0.495 e. The Balaban J connectivity index is 1.45. The van der Waals surface area contributed by atoms with Crippen molar-refractivity contribution >= 4 is 24.2 Å². The quantitative estimate of drug-likeness (QED) is 0.612. The molecule has 1 saturated heterocycles. The number of hydrogen-bond donors (Lipinski definition) is 1. The van der Waals surface area contributed by atoms with Crippen LogP contribution in [0.4, 0.5) is 5.69 Å². The van der Waals surface area contributed by atoms with Crippen molar-refractivity contribution in [2.45, 2.75) is 6.61 Å². The maximum atomic E-state index is 12.3. The number of fused-ring (bicyclic) bond motifs is 1. The maximum Gasteiger partial charge on any atom is 0.491 e. The van der Waals surface area contributed by atoms with Gasteiger partial charge in [-0.15, -0.1) is 0 Å². The number of hydrogen-bond acceptors (Lipinski definition) is 6. The summed E-state index contributed by atoms with van der Waals surface area (Å²) in [5.74, 6) is 1.20. The highest BCUT2D eigenvalue weighted by molar-refractivity contribution is 6.61. The van der Waals surface area contributed by atoms with Crippen molar-refractivity contribution < 1.29 is 28.7 Å². The summed E-state index contributed by atoms with van der Waals surface area (Å²) in [4.78, 5) is 17.4. The zero-order valence-electron chi connectivity index (χ0n) is 15.7. The highest BCUT2D eigenvalue weighted by Crippen LogP contribution is 2.34. The molecule has 1 amide bonds. The van der Waals surface area contributed by atoms with Gasteiger partial charge in [0.2, 0.25) is 5.69 Å². The molecule has 0 saturated carbocycles. The van der Waals surface area contributed by atoms with E-state index in [1.807, 2.05) is 0 Å². The van der Waals surface area contributed by atoms with Crippen LogP contribution < -0.4 is 14.9 Å². The van der Waals surface area contributed by atoms with E-state index in [9.17, 15) is 9.82 Å². The van der Waals surface area contributed by atoms with Gasteiger partial charge in [-0.3, -0.25) is 4.79 Å². The van der Waals surface area contributed by atoms with Gasteiger partial charge in [-0.25, -0.2) is 4.85 Å². The highest BCUT2D eigenvalue weighted by Gasteiger charge is 2.27. The largest absolute Gasteiger partial charge is 0.495 e. The van der Waals surface area contributed by atoms with Gasteiger partial charge in [-0.05, 0) is 35.3 Å². The third-order valence-electron chi connectivity index (χ3n) is 4.78. The van der Waals surface area contributed by atoms with Crippen LogP contribution in [0.5, 0.6) is 17.2 Å². The molecule has 0 spiro atoms. The standard InChI is InChI=1S/C20H19BN2O6/c1-22-18-5-3-16(29-15-2-4-17-14(10-15)12-28-21(17)25)11-19(18)27-13-20(24)23-6-8-26-9-7-23/h2-5,10-11,25H,6-9,12-13H2. The summed E-state index contributed by atoms with van der Waals surface area (Å²) in [6, 6.07) is 10.2. The van der Waals surface area contributed by atoms with E-state index in [0.29, 0.717) is 55.8 Å². The number of morpholine rings is 1. The predicted molar refractivity (Wildman–Crippen MR) is 105 cm³/mol. The molecular formula is C20H19BN2O6. The first-order chi connectivity index (χ1) is 14.1. The van der Waals surface area contributed by atoms with Gasteiger partial charge in [0.1, 0.15) is 17.2 Å². The van der Waals surface area contributed by atoms with Gasteiger partial charge in [0.05, 0.1) is 26.4 Å². The van der Waals surface area contributed by atoms with E-state index in [1.165, 1.54) is 0 Å². The second-order valence-electron chi connectivity index (χ2n) is 6.65. The predicted octanol–water partition coefficient (Wildman–Crippen LogP) is 1.48. The van der Waals surface area contributed by atoms with Gasteiger partial charge in [-0.2, -0.15) is 0 Å². The molecule has 2 aliphatic heterocycles. The number of nitrogens with zero attached hydrogens (tertiary/aromatic N) is 2. The fourth-order valence-electron chi connectivity index (χ4n) is 3.22. The van der Waals surface area contributed by atoms with Crippen molar-refractivity contribution in [3.8, 4) is 17.2 Å². The van der Waals surface area contributed by atoms with Gasteiger partial charge < -0.3 is 28.8 Å². The topological polar surface area (TPSA) is 81.8 Å². The van der Waals surface area contributed by atoms with Crippen LogP contribution in [0.15, 0.2) is 36.4 Å². The number of rotatable bonds is 5. The monoisotopic (exact) mass is 394 g/mol. The normalized spacial score (nSPS) is 15.6. The number of ether oxygens (including phenoxy) is 3. The molecule has 0 aromatic heterocycles. The first-order valence-electron chi connectivity index (χ1n) is 9.24. The maximum absolute atomic E-state index is 12.3. The average molecular weight is 394 g/mol. The molecule has 1 fully saturated rings. The van der Waals surface area contributed by atoms with E-state index in [0.717, 1.165) is 11.0 Å². The summed E-state index contributed by atoms with van der Waals surface area (Å²) in [6.07, 6.45) is 0. The second kappa shape index (κ2) is 8.53. The summed E-state index contributed by atoms with van der Waals surface area (Å²) in [6.45, 7) is 9.60. The minimum atomic E-state index is -0.902. The molecule has 148 valence electrons. The van der Waals surface area contributed by atoms with Crippen molar-refractivity contribution in [3.05, 3.63) is 53.4 Å².